The highest BCUT2D eigenvalue weighted by Gasteiger charge is 2.21. The third-order valence-corrected chi connectivity index (χ3v) is 6.03. The van der Waals surface area contributed by atoms with E-state index in [1.54, 1.807) is 24.3 Å². The molecule has 0 saturated carbocycles. The van der Waals surface area contributed by atoms with Gasteiger partial charge in [-0.1, -0.05) is 54.1 Å². The Morgan fingerprint density at radius 2 is 1.71 bits per heavy atom. The van der Waals surface area contributed by atoms with Crippen LogP contribution >= 0.6 is 11.6 Å². The predicted molar refractivity (Wildman–Crippen MR) is 135 cm³/mol. The van der Waals surface area contributed by atoms with Crippen LogP contribution in [0.4, 0.5) is 0 Å². The van der Waals surface area contributed by atoms with E-state index in [4.69, 9.17) is 18.2 Å². The highest BCUT2D eigenvalue weighted by molar-refractivity contribution is 6.30. The molecule has 180 valence electrons. The molecule has 0 N–H and O–H groups in total. The molecule has 0 radical (unpaired) electrons. The molecule has 1 unspecified atom stereocenters. The van der Waals surface area contributed by atoms with Gasteiger partial charge in [-0.15, -0.1) is 0 Å². The molecule has 0 fully saturated rings. The number of benzene rings is 2. The number of carbonyl (C=O) groups is 2. The SMILES string of the molecule is [C-]#[N+]CCCn1c(-c2ccc(Cl)cc2)cc(=O)n(CC(=O)CC(Cc2ccccc2)C(C)=O)c1=O. The highest BCUT2D eigenvalue weighted by Crippen LogP contribution is 2.20. The van der Waals surface area contributed by atoms with Gasteiger partial charge in [0, 0.05) is 36.4 Å². The van der Waals surface area contributed by atoms with Gasteiger partial charge in [0.2, 0.25) is 6.54 Å². The Kier molecular flexibility index (Phi) is 8.93. The molecule has 35 heavy (non-hydrogen) atoms. The van der Waals surface area contributed by atoms with Crippen molar-refractivity contribution >= 4 is 23.2 Å². The van der Waals surface area contributed by atoms with E-state index in [2.05, 4.69) is 4.85 Å². The summed E-state index contributed by atoms with van der Waals surface area (Å²) in [6, 6.07) is 17.5. The smallest absolute Gasteiger partial charge is 0.317 e. The van der Waals surface area contributed by atoms with Gasteiger partial charge in [-0.2, -0.15) is 0 Å². The van der Waals surface area contributed by atoms with E-state index in [0.717, 1.165) is 10.1 Å². The molecule has 3 aromatic rings. The summed E-state index contributed by atoms with van der Waals surface area (Å²) in [5.74, 6) is -1.02. The zero-order chi connectivity index (χ0) is 25.4. The van der Waals surface area contributed by atoms with E-state index >= 15 is 0 Å². The molecule has 1 atom stereocenters. The van der Waals surface area contributed by atoms with Crippen molar-refractivity contribution in [2.75, 3.05) is 6.54 Å². The van der Waals surface area contributed by atoms with Crippen molar-refractivity contribution in [2.24, 2.45) is 5.92 Å². The van der Waals surface area contributed by atoms with E-state index in [9.17, 15) is 19.2 Å². The summed E-state index contributed by atoms with van der Waals surface area (Å²) in [6.45, 7) is 8.48. The van der Waals surface area contributed by atoms with E-state index in [0.29, 0.717) is 29.1 Å². The predicted octanol–water partition coefficient (Wildman–Crippen LogP) is 4.05. The second-order valence-corrected chi connectivity index (χ2v) is 8.81. The van der Waals surface area contributed by atoms with Crippen LogP contribution in [-0.2, 0) is 29.1 Å². The van der Waals surface area contributed by atoms with Crippen molar-refractivity contribution in [3.05, 3.63) is 104 Å². The fraction of sp³-hybridized carbons (Fsp3) is 0.296. The fourth-order valence-electron chi connectivity index (χ4n) is 3.92. The lowest BCUT2D eigenvalue weighted by molar-refractivity contribution is -0.127. The van der Waals surface area contributed by atoms with Gasteiger partial charge in [-0.25, -0.2) is 11.4 Å². The molecule has 0 spiro atoms. The normalized spacial score (nSPS) is 11.6. The molecule has 3 rings (SSSR count). The average Bonchev–Trinajstić information content (AvgIpc) is 2.84. The lowest BCUT2D eigenvalue weighted by Gasteiger charge is -2.16. The maximum absolute atomic E-state index is 13.3. The van der Waals surface area contributed by atoms with Crippen molar-refractivity contribution in [1.82, 2.24) is 9.13 Å². The van der Waals surface area contributed by atoms with Gasteiger partial charge in [0.25, 0.3) is 5.56 Å². The third kappa shape index (κ3) is 6.87. The molecule has 1 aromatic heterocycles. The Labute approximate surface area is 208 Å². The zero-order valence-corrected chi connectivity index (χ0v) is 20.2. The minimum atomic E-state index is -0.622. The third-order valence-electron chi connectivity index (χ3n) is 5.78. The van der Waals surface area contributed by atoms with Crippen molar-refractivity contribution in [3.8, 4) is 11.3 Å². The average molecular weight is 492 g/mol. The molecule has 0 aliphatic heterocycles. The number of ketones is 2. The van der Waals surface area contributed by atoms with E-state index in [1.807, 2.05) is 30.3 Å². The van der Waals surface area contributed by atoms with E-state index in [1.165, 1.54) is 17.6 Å². The van der Waals surface area contributed by atoms with Crippen LogP contribution in [0.1, 0.15) is 25.3 Å². The summed E-state index contributed by atoms with van der Waals surface area (Å²) >= 11 is 5.97. The number of carbonyl (C=O) groups excluding carboxylic acids is 2. The van der Waals surface area contributed by atoms with Crippen LogP contribution in [0.2, 0.25) is 5.02 Å². The van der Waals surface area contributed by atoms with Gasteiger partial charge < -0.3 is 4.85 Å². The molecular formula is C27H26ClN3O4. The maximum Gasteiger partial charge on any atom is 0.331 e. The summed E-state index contributed by atoms with van der Waals surface area (Å²) in [7, 11) is 0. The topological polar surface area (TPSA) is 82.5 Å². The molecule has 0 saturated heterocycles. The number of rotatable bonds is 11. The van der Waals surface area contributed by atoms with Crippen LogP contribution < -0.4 is 11.2 Å². The zero-order valence-electron chi connectivity index (χ0n) is 19.4. The molecule has 2 aromatic carbocycles. The van der Waals surface area contributed by atoms with Gasteiger partial charge in [-0.05, 0) is 36.6 Å². The van der Waals surface area contributed by atoms with Gasteiger partial charge in [0.05, 0.1) is 12.2 Å². The van der Waals surface area contributed by atoms with Gasteiger partial charge in [-0.3, -0.25) is 23.5 Å². The van der Waals surface area contributed by atoms with Crippen molar-refractivity contribution in [3.63, 3.8) is 0 Å². The number of halogens is 1. The Bertz CT molecular complexity index is 1350. The summed E-state index contributed by atoms with van der Waals surface area (Å²) in [4.78, 5) is 54.6. The molecule has 0 aliphatic carbocycles. The Balaban J connectivity index is 1.90. The van der Waals surface area contributed by atoms with Crippen molar-refractivity contribution in [2.45, 2.75) is 39.3 Å². The van der Waals surface area contributed by atoms with Gasteiger partial charge >= 0.3 is 5.69 Å². The Morgan fingerprint density at radius 3 is 2.34 bits per heavy atom. The van der Waals surface area contributed by atoms with Crippen LogP contribution in [0.3, 0.4) is 0 Å². The highest BCUT2D eigenvalue weighted by atomic mass is 35.5. The Hall–Kier alpha value is -3.76. The fourth-order valence-corrected chi connectivity index (χ4v) is 4.05. The van der Waals surface area contributed by atoms with Crippen LogP contribution in [0.15, 0.2) is 70.3 Å². The second kappa shape index (κ2) is 12.1. The largest absolute Gasteiger partial charge is 0.331 e. The molecule has 1 heterocycles. The molecule has 0 amide bonds. The van der Waals surface area contributed by atoms with E-state index in [-0.39, 0.29) is 31.1 Å². The van der Waals surface area contributed by atoms with E-state index < -0.39 is 23.7 Å². The monoisotopic (exact) mass is 491 g/mol. The number of nitrogens with zero attached hydrogens (tertiary/aromatic N) is 3. The quantitative estimate of drug-likeness (QED) is 0.299. The molecule has 7 nitrogen and oxygen atoms in total. The second-order valence-electron chi connectivity index (χ2n) is 8.37. The van der Waals surface area contributed by atoms with Crippen LogP contribution in [0, 0.1) is 12.5 Å². The van der Waals surface area contributed by atoms with Crippen molar-refractivity contribution < 1.29 is 9.59 Å². The first-order chi connectivity index (χ1) is 16.8. The first kappa shape index (κ1) is 25.9. The summed E-state index contributed by atoms with van der Waals surface area (Å²) in [5, 5.41) is 0.519. The molecule has 8 heteroatoms. The maximum atomic E-state index is 13.3. The summed E-state index contributed by atoms with van der Waals surface area (Å²) < 4.78 is 2.31. The number of Topliss-reactive ketones (excluding diaryl/α,β-unsaturated/α-hetero) is 2. The van der Waals surface area contributed by atoms with Crippen LogP contribution in [0.5, 0.6) is 0 Å². The Morgan fingerprint density at radius 1 is 1.03 bits per heavy atom. The van der Waals surface area contributed by atoms with Gasteiger partial charge in [0.1, 0.15) is 5.78 Å². The lowest BCUT2D eigenvalue weighted by atomic mass is 9.91. The molecule has 0 aliphatic rings. The minimum absolute atomic E-state index is 0.0627. The van der Waals surface area contributed by atoms with Crippen LogP contribution in [0.25, 0.3) is 16.1 Å². The summed E-state index contributed by atoms with van der Waals surface area (Å²) in [5.41, 5.74) is 0.743. The summed E-state index contributed by atoms with van der Waals surface area (Å²) in [6.07, 6.45) is 0.763. The first-order valence-electron chi connectivity index (χ1n) is 11.3. The number of aromatic nitrogens is 2. The minimum Gasteiger partial charge on any atom is -0.317 e. The standard InChI is InChI=1S/C27H26ClN3O4/c1-19(32)22(15-20-7-4-3-5-8-20)16-24(33)18-31-26(34)17-25(21-9-11-23(28)12-10-21)30(27(31)35)14-6-13-29-2/h3-5,7-12,17,22H,6,13-16,18H2,1H3. The number of hydrogen-bond acceptors (Lipinski definition) is 4. The molecule has 0 bridgehead atoms. The van der Waals surface area contributed by atoms with Gasteiger partial charge in [0.15, 0.2) is 5.78 Å². The first-order valence-corrected chi connectivity index (χ1v) is 11.7. The number of hydrogen-bond donors (Lipinski definition) is 0. The van der Waals surface area contributed by atoms with Crippen LogP contribution in [-0.4, -0.2) is 27.2 Å². The van der Waals surface area contributed by atoms with Crippen molar-refractivity contribution in [1.29, 1.82) is 0 Å². The molecular weight excluding hydrogens is 466 g/mol. The lowest BCUT2D eigenvalue weighted by Crippen LogP contribution is -2.42.